The molecule has 3 aliphatic rings. The third kappa shape index (κ3) is 1.80. The van der Waals surface area contributed by atoms with Crippen LogP contribution in [0.25, 0.3) is 0 Å². The standard InChI is InChI=1S/C12H21NO2S/c1-9-6-12(11(9)14)2-4-13(5-3-12)16-10-7-15-8-10/h9-11,14H,2-8H2,1H3. The van der Waals surface area contributed by atoms with E-state index in [4.69, 9.17) is 4.74 Å². The van der Waals surface area contributed by atoms with Gasteiger partial charge in [-0.1, -0.05) is 18.9 Å². The minimum atomic E-state index is -0.0355. The van der Waals surface area contributed by atoms with E-state index in [0.29, 0.717) is 11.2 Å². The van der Waals surface area contributed by atoms with Crippen LogP contribution < -0.4 is 0 Å². The molecule has 0 aromatic carbocycles. The van der Waals surface area contributed by atoms with Crippen molar-refractivity contribution in [3.05, 3.63) is 0 Å². The Morgan fingerprint density at radius 2 is 2.00 bits per heavy atom. The summed E-state index contributed by atoms with van der Waals surface area (Å²) in [5.41, 5.74) is 0.284. The summed E-state index contributed by atoms with van der Waals surface area (Å²) in [6.07, 6.45) is 3.56. The Kier molecular flexibility index (Phi) is 2.94. The predicted molar refractivity (Wildman–Crippen MR) is 65.2 cm³/mol. The maximum absolute atomic E-state index is 10.1. The first-order chi connectivity index (χ1) is 7.70. The molecule has 1 saturated carbocycles. The van der Waals surface area contributed by atoms with Gasteiger partial charge in [0, 0.05) is 13.1 Å². The van der Waals surface area contributed by atoms with Crippen molar-refractivity contribution in [2.75, 3.05) is 26.3 Å². The highest BCUT2D eigenvalue weighted by Gasteiger charge is 2.52. The summed E-state index contributed by atoms with van der Waals surface area (Å²) in [6, 6.07) is 0. The van der Waals surface area contributed by atoms with Crippen LogP contribution in [0, 0.1) is 11.3 Å². The molecular formula is C12H21NO2S. The molecule has 0 aromatic heterocycles. The zero-order valence-corrected chi connectivity index (χ0v) is 10.7. The lowest BCUT2D eigenvalue weighted by molar-refractivity contribution is -0.134. The zero-order chi connectivity index (χ0) is 11.2. The van der Waals surface area contributed by atoms with E-state index in [0.717, 1.165) is 26.3 Å². The van der Waals surface area contributed by atoms with Gasteiger partial charge in [-0.05, 0) is 30.6 Å². The molecule has 1 N–H and O–H groups in total. The predicted octanol–water partition coefficient (Wildman–Crippen LogP) is 1.52. The number of aliphatic hydroxyl groups excluding tert-OH is 1. The molecule has 3 fully saturated rings. The second-order valence-corrected chi connectivity index (χ2v) is 7.08. The highest BCUT2D eigenvalue weighted by atomic mass is 32.2. The van der Waals surface area contributed by atoms with Crippen molar-refractivity contribution in [2.24, 2.45) is 11.3 Å². The Morgan fingerprint density at radius 3 is 2.44 bits per heavy atom. The van der Waals surface area contributed by atoms with E-state index in [2.05, 4.69) is 11.2 Å². The maximum Gasteiger partial charge on any atom is 0.0662 e. The Morgan fingerprint density at radius 1 is 1.31 bits per heavy atom. The van der Waals surface area contributed by atoms with Crippen molar-refractivity contribution in [2.45, 2.75) is 37.5 Å². The van der Waals surface area contributed by atoms with Gasteiger partial charge in [-0.15, -0.1) is 0 Å². The molecule has 1 spiro atoms. The molecule has 3 rings (SSSR count). The highest BCUT2D eigenvalue weighted by molar-refractivity contribution is 7.97. The van der Waals surface area contributed by atoms with Gasteiger partial charge >= 0.3 is 0 Å². The van der Waals surface area contributed by atoms with Crippen LogP contribution in [-0.4, -0.2) is 47.1 Å². The second kappa shape index (κ2) is 4.16. The van der Waals surface area contributed by atoms with Crippen molar-refractivity contribution in [1.82, 2.24) is 4.31 Å². The molecule has 4 heteroatoms. The molecule has 92 valence electrons. The first kappa shape index (κ1) is 11.3. The second-order valence-electron chi connectivity index (χ2n) is 5.68. The molecule has 0 amide bonds. The third-order valence-electron chi connectivity index (χ3n) is 4.52. The Hall–Kier alpha value is 0.230. The van der Waals surface area contributed by atoms with Gasteiger partial charge in [-0.2, -0.15) is 0 Å². The summed E-state index contributed by atoms with van der Waals surface area (Å²) < 4.78 is 7.67. The number of ether oxygens (including phenoxy) is 1. The maximum atomic E-state index is 10.1. The molecule has 16 heavy (non-hydrogen) atoms. The lowest BCUT2D eigenvalue weighted by atomic mass is 9.56. The van der Waals surface area contributed by atoms with Gasteiger partial charge < -0.3 is 9.84 Å². The molecular weight excluding hydrogens is 222 g/mol. The molecule has 2 unspecified atom stereocenters. The Bertz CT molecular complexity index is 262. The van der Waals surface area contributed by atoms with E-state index in [1.807, 2.05) is 11.9 Å². The minimum Gasteiger partial charge on any atom is -0.392 e. The summed E-state index contributed by atoms with van der Waals surface area (Å²) >= 11 is 1.97. The van der Waals surface area contributed by atoms with Gasteiger partial charge in [0.1, 0.15) is 0 Å². The molecule has 2 atom stereocenters. The largest absolute Gasteiger partial charge is 0.392 e. The van der Waals surface area contributed by atoms with Crippen LogP contribution in [0.3, 0.4) is 0 Å². The van der Waals surface area contributed by atoms with E-state index in [1.165, 1.54) is 19.3 Å². The number of rotatable bonds is 2. The van der Waals surface area contributed by atoms with Crippen molar-refractivity contribution in [1.29, 1.82) is 0 Å². The van der Waals surface area contributed by atoms with Crippen LogP contribution in [0.2, 0.25) is 0 Å². The smallest absolute Gasteiger partial charge is 0.0662 e. The van der Waals surface area contributed by atoms with Gasteiger partial charge in [0.15, 0.2) is 0 Å². The molecule has 2 heterocycles. The lowest BCUT2D eigenvalue weighted by Crippen LogP contribution is -2.56. The molecule has 2 saturated heterocycles. The van der Waals surface area contributed by atoms with Crippen LogP contribution in [0.5, 0.6) is 0 Å². The summed E-state index contributed by atoms with van der Waals surface area (Å²) in [5.74, 6) is 0.527. The number of hydrogen-bond donors (Lipinski definition) is 1. The van der Waals surface area contributed by atoms with Gasteiger partial charge in [0.25, 0.3) is 0 Å². The highest BCUT2D eigenvalue weighted by Crippen LogP contribution is 2.53. The van der Waals surface area contributed by atoms with E-state index >= 15 is 0 Å². The molecule has 0 bridgehead atoms. The van der Waals surface area contributed by atoms with Crippen LogP contribution in [-0.2, 0) is 4.74 Å². The van der Waals surface area contributed by atoms with Gasteiger partial charge in [-0.25, -0.2) is 0 Å². The Balaban J connectivity index is 1.48. The fourth-order valence-electron chi connectivity index (χ4n) is 3.34. The average molecular weight is 243 g/mol. The van der Waals surface area contributed by atoms with E-state index in [-0.39, 0.29) is 11.5 Å². The van der Waals surface area contributed by atoms with Crippen LogP contribution >= 0.6 is 11.9 Å². The van der Waals surface area contributed by atoms with Crippen molar-refractivity contribution in [3.8, 4) is 0 Å². The van der Waals surface area contributed by atoms with Crippen LogP contribution in [0.1, 0.15) is 26.2 Å². The summed E-state index contributed by atoms with van der Waals surface area (Å²) in [6.45, 7) is 6.30. The monoisotopic (exact) mass is 243 g/mol. The minimum absolute atomic E-state index is 0.0355. The van der Waals surface area contributed by atoms with Gasteiger partial charge in [0.2, 0.25) is 0 Å². The topological polar surface area (TPSA) is 32.7 Å². The summed E-state index contributed by atoms with van der Waals surface area (Å²) in [5, 5.41) is 10.8. The normalized spacial score (nSPS) is 39.4. The molecule has 0 radical (unpaired) electrons. The first-order valence-corrected chi connectivity index (χ1v) is 7.21. The molecule has 1 aliphatic carbocycles. The zero-order valence-electron chi connectivity index (χ0n) is 9.89. The van der Waals surface area contributed by atoms with Crippen molar-refractivity contribution >= 4 is 11.9 Å². The quantitative estimate of drug-likeness (QED) is 0.745. The molecule has 3 nitrogen and oxygen atoms in total. The fourth-order valence-corrected chi connectivity index (χ4v) is 4.47. The van der Waals surface area contributed by atoms with Crippen molar-refractivity contribution in [3.63, 3.8) is 0 Å². The van der Waals surface area contributed by atoms with E-state index in [9.17, 15) is 5.11 Å². The van der Waals surface area contributed by atoms with Crippen molar-refractivity contribution < 1.29 is 9.84 Å². The average Bonchev–Trinajstić information content (AvgIpc) is 2.25. The lowest BCUT2D eigenvalue weighted by Gasteiger charge is -2.55. The van der Waals surface area contributed by atoms with Crippen LogP contribution in [0.4, 0.5) is 0 Å². The SMILES string of the molecule is CC1CC2(CCN(SC3COC3)CC2)C1O. The third-order valence-corrected chi connectivity index (χ3v) is 5.75. The Labute approximate surface area is 102 Å². The van der Waals surface area contributed by atoms with Crippen LogP contribution in [0.15, 0.2) is 0 Å². The summed E-state index contributed by atoms with van der Waals surface area (Å²) in [7, 11) is 0. The number of nitrogens with zero attached hydrogens (tertiary/aromatic N) is 1. The molecule has 2 aliphatic heterocycles. The van der Waals surface area contributed by atoms with E-state index in [1.54, 1.807) is 0 Å². The van der Waals surface area contributed by atoms with E-state index < -0.39 is 0 Å². The number of aliphatic hydroxyl groups is 1. The van der Waals surface area contributed by atoms with Gasteiger partial charge in [0.05, 0.1) is 24.6 Å². The number of piperidine rings is 1. The van der Waals surface area contributed by atoms with Gasteiger partial charge in [-0.3, -0.25) is 4.31 Å². The molecule has 0 aromatic rings. The first-order valence-electron chi connectivity index (χ1n) is 6.37. The fraction of sp³-hybridized carbons (Fsp3) is 1.00. The summed E-state index contributed by atoms with van der Waals surface area (Å²) in [4.78, 5) is 0. The number of hydrogen-bond acceptors (Lipinski definition) is 4.